The van der Waals surface area contributed by atoms with Crippen molar-refractivity contribution in [1.82, 2.24) is 15.3 Å². The molecule has 0 aliphatic carbocycles. The lowest BCUT2D eigenvalue weighted by Crippen LogP contribution is -2.60. The van der Waals surface area contributed by atoms with E-state index in [4.69, 9.17) is 14.6 Å². The van der Waals surface area contributed by atoms with Crippen molar-refractivity contribution in [3.8, 4) is 5.88 Å². The van der Waals surface area contributed by atoms with Crippen LogP contribution < -0.4 is 20.5 Å². The highest BCUT2D eigenvalue weighted by Crippen LogP contribution is 2.35. The van der Waals surface area contributed by atoms with Gasteiger partial charge in [-0.05, 0) is 31.4 Å². The number of rotatable bonds is 6. The Hall–Kier alpha value is -2.28. The summed E-state index contributed by atoms with van der Waals surface area (Å²) in [6, 6.07) is 1.06. The van der Waals surface area contributed by atoms with Crippen molar-refractivity contribution in [3.05, 3.63) is 17.3 Å². The summed E-state index contributed by atoms with van der Waals surface area (Å²) in [4.78, 5) is 17.5. The lowest BCUT2D eigenvalue weighted by Gasteiger charge is -2.40. The number of ether oxygens (including phenoxy) is 2. The highest BCUT2D eigenvalue weighted by molar-refractivity contribution is 7.93. The van der Waals surface area contributed by atoms with Gasteiger partial charge in [0, 0.05) is 18.3 Å². The van der Waals surface area contributed by atoms with Gasteiger partial charge in [-0.3, -0.25) is 5.01 Å². The third kappa shape index (κ3) is 4.84. The van der Waals surface area contributed by atoms with E-state index >= 15 is 0 Å². The van der Waals surface area contributed by atoms with Gasteiger partial charge in [-0.25, -0.2) is 19.1 Å². The van der Waals surface area contributed by atoms with Crippen LogP contribution in [0.3, 0.4) is 0 Å². The minimum atomic E-state index is -3.57. The molecule has 0 bridgehead atoms. The molecule has 0 saturated carbocycles. The molecule has 1 aromatic heterocycles. The van der Waals surface area contributed by atoms with Gasteiger partial charge in [0.15, 0.2) is 6.23 Å². The second kappa shape index (κ2) is 9.53. The van der Waals surface area contributed by atoms with Crippen molar-refractivity contribution < 1.29 is 18.5 Å². The first-order chi connectivity index (χ1) is 15.4. The molecule has 4 N–H and O–H groups in total. The fourth-order valence-corrected chi connectivity index (χ4v) is 5.07. The molecule has 12 heteroatoms. The second-order valence-electron chi connectivity index (χ2n) is 9.14. The van der Waals surface area contributed by atoms with Crippen LogP contribution in [0.25, 0.3) is 0 Å². The summed E-state index contributed by atoms with van der Waals surface area (Å²) >= 11 is 0. The summed E-state index contributed by atoms with van der Waals surface area (Å²) in [5.41, 5.74) is 2.02. The maximum absolute atomic E-state index is 13.6. The van der Waals surface area contributed by atoms with Crippen LogP contribution in [0.15, 0.2) is 15.5 Å². The number of fused-ring (bicyclic) bond motifs is 1. The van der Waals surface area contributed by atoms with Crippen molar-refractivity contribution >= 4 is 27.8 Å². The van der Waals surface area contributed by atoms with E-state index in [9.17, 15) is 9.00 Å². The van der Waals surface area contributed by atoms with Crippen LogP contribution in [0.4, 0.5) is 10.5 Å². The standard InChI is InChI=1S/C21H35N7O4S/c1-12(2)15-8-16(31-7)25-17(13(3)4)18(15)26-20(29)27-33(22,30)21(5)11-24-28-9-14(23-6)10-32-19(21)28/h8,11-14,19,23H,9-10H2,1-7H3,(H3,22,26,27,29,30)/t14-,19?,21?,33?/m0/s1. The zero-order valence-corrected chi connectivity index (χ0v) is 21.1. The first-order valence-electron chi connectivity index (χ1n) is 11.0. The molecule has 2 amide bonds. The molecule has 3 unspecified atom stereocenters. The molecular formula is C21H35N7O4S. The van der Waals surface area contributed by atoms with Crippen molar-refractivity contribution in [2.75, 3.05) is 32.6 Å². The van der Waals surface area contributed by atoms with Crippen LogP contribution in [-0.4, -0.2) is 70.8 Å². The van der Waals surface area contributed by atoms with Crippen molar-refractivity contribution in [2.24, 2.45) is 14.6 Å². The maximum atomic E-state index is 13.6. The molecule has 33 heavy (non-hydrogen) atoms. The largest absolute Gasteiger partial charge is 0.481 e. The van der Waals surface area contributed by atoms with E-state index in [0.717, 1.165) is 5.56 Å². The maximum Gasteiger partial charge on any atom is 0.354 e. The quantitative estimate of drug-likeness (QED) is 0.565. The van der Waals surface area contributed by atoms with Crippen molar-refractivity contribution in [1.29, 1.82) is 0 Å². The third-order valence-corrected chi connectivity index (χ3v) is 8.01. The van der Waals surface area contributed by atoms with E-state index in [1.807, 2.05) is 34.7 Å². The number of urea groups is 1. The fourth-order valence-electron chi connectivity index (χ4n) is 3.91. The lowest BCUT2D eigenvalue weighted by molar-refractivity contribution is -0.103. The number of nitrogens with two attached hydrogens (primary N) is 1. The number of nitrogens with zero attached hydrogens (tertiary/aromatic N) is 4. The Labute approximate surface area is 195 Å². The number of hydrogen-bond acceptors (Lipinski definition) is 8. The zero-order valence-electron chi connectivity index (χ0n) is 20.3. The second-order valence-corrected chi connectivity index (χ2v) is 11.3. The molecule has 0 spiro atoms. The van der Waals surface area contributed by atoms with Crippen LogP contribution in [0.2, 0.25) is 0 Å². The number of likely N-dealkylation sites (N-methyl/N-ethyl adjacent to an activating group) is 1. The van der Waals surface area contributed by atoms with Gasteiger partial charge in [-0.15, -0.1) is 4.36 Å². The summed E-state index contributed by atoms with van der Waals surface area (Å²) in [5.74, 6) is 0.531. The van der Waals surface area contributed by atoms with E-state index in [1.165, 1.54) is 6.21 Å². The average molecular weight is 482 g/mol. The van der Waals surface area contributed by atoms with Crippen LogP contribution in [-0.2, 0) is 14.7 Å². The van der Waals surface area contributed by atoms with E-state index in [0.29, 0.717) is 30.4 Å². The van der Waals surface area contributed by atoms with Gasteiger partial charge in [0.25, 0.3) is 0 Å². The molecule has 3 heterocycles. The molecule has 184 valence electrons. The Morgan fingerprint density at radius 1 is 1.39 bits per heavy atom. The number of amides is 2. The van der Waals surface area contributed by atoms with Gasteiger partial charge in [0.2, 0.25) is 5.88 Å². The summed E-state index contributed by atoms with van der Waals surface area (Å²) in [6.45, 7) is 10.6. The van der Waals surface area contributed by atoms with Gasteiger partial charge in [0.1, 0.15) is 14.7 Å². The Morgan fingerprint density at radius 2 is 2.09 bits per heavy atom. The molecule has 0 aromatic carbocycles. The highest BCUT2D eigenvalue weighted by atomic mass is 32.2. The van der Waals surface area contributed by atoms with E-state index in [1.54, 1.807) is 25.1 Å². The van der Waals surface area contributed by atoms with Gasteiger partial charge in [-0.1, -0.05) is 27.7 Å². The average Bonchev–Trinajstić information content (AvgIpc) is 3.10. The minimum absolute atomic E-state index is 0.000988. The molecule has 0 radical (unpaired) electrons. The summed E-state index contributed by atoms with van der Waals surface area (Å²) < 4.78 is 27.4. The molecule has 2 aliphatic rings. The molecule has 1 fully saturated rings. The normalized spacial score (nSPS) is 26.3. The number of hydrazone groups is 1. The smallest absolute Gasteiger partial charge is 0.354 e. The number of methoxy groups -OCH3 is 1. The zero-order chi connectivity index (χ0) is 24.6. The van der Waals surface area contributed by atoms with E-state index in [2.05, 4.69) is 25.1 Å². The van der Waals surface area contributed by atoms with Crippen molar-refractivity contribution in [2.45, 2.75) is 63.5 Å². The van der Waals surface area contributed by atoms with Crippen LogP contribution in [0.5, 0.6) is 5.88 Å². The molecule has 3 rings (SSSR count). The Balaban J connectivity index is 1.93. The number of aromatic nitrogens is 1. The predicted molar refractivity (Wildman–Crippen MR) is 129 cm³/mol. The highest BCUT2D eigenvalue weighted by Gasteiger charge is 2.52. The summed E-state index contributed by atoms with van der Waals surface area (Å²) in [6.07, 6.45) is 0.805. The number of anilines is 1. The molecule has 1 aromatic rings. The first kappa shape index (κ1) is 25.3. The number of nitrogens with one attached hydrogen (secondary N) is 2. The van der Waals surface area contributed by atoms with Gasteiger partial charge >= 0.3 is 6.03 Å². The SMILES string of the molecule is CN[C@@H]1COC2N(C1)N=CC2(C)S(N)(=O)=NC(=O)Nc1c(C(C)C)cc(OC)nc1C(C)C. The molecule has 1 saturated heterocycles. The molecule has 11 nitrogen and oxygen atoms in total. The Bertz CT molecular complexity index is 1020. The van der Waals surface area contributed by atoms with Crippen LogP contribution in [0, 0.1) is 0 Å². The fraction of sp³-hybridized carbons (Fsp3) is 0.667. The Kier molecular flexibility index (Phi) is 7.32. The topological polar surface area (TPSA) is 144 Å². The first-order valence-corrected chi connectivity index (χ1v) is 12.6. The number of carbonyl (C=O) groups is 1. The van der Waals surface area contributed by atoms with E-state index in [-0.39, 0.29) is 17.9 Å². The third-order valence-electron chi connectivity index (χ3n) is 6.01. The van der Waals surface area contributed by atoms with Gasteiger partial charge < -0.3 is 20.1 Å². The van der Waals surface area contributed by atoms with E-state index < -0.39 is 26.9 Å². The van der Waals surface area contributed by atoms with Crippen molar-refractivity contribution in [3.63, 3.8) is 0 Å². The number of carbonyl (C=O) groups excluding carboxylic acids is 1. The van der Waals surface area contributed by atoms with Crippen LogP contribution in [0.1, 0.15) is 57.7 Å². The minimum Gasteiger partial charge on any atom is -0.481 e. The summed E-state index contributed by atoms with van der Waals surface area (Å²) in [7, 11) is -0.185. The molecule has 2 aliphatic heterocycles. The lowest BCUT2D eigenvalue weighted by atomic mass is 9.97. The predicted octanol–water partition coefficient (Wildman–Crippen LogP) is 2.21. The number of pyridine rings is 1. The van der Waals surface area contributed by atoms with Crippen LogP contribution >= 0.6 is 0 Å². The van der Waals surface area contributed by atoms with Gasteiger partial charge in [0.05, 0.1) is 31.6 Å². The molecular weight excluding hydrogens is 446 g/mol. The van der Waals surface area contributed by atoms with Gasteiger partial charge in [-0.2, -0.15) is 5.10 Å². The summed E-state index contributed by atoms with van der Waals surface area (Å²) in [5, 5.41) is 18.1. The Morgan fingerprint density at radius 3 is 2.67 bits per heavy atom. The number of hydrogen-bond donors (Lipinski definition) is 3. The molecule has 4 atom stereocenters. The monoisotopic (exact) mass is 481 g/mol.